The third-order valence-corrected chi connectivity index (χ3v) is 4.54. The van der Waals surface area contributed by atoms with E-state index in [9.17, 15) is 9.59 Å². The van der Waals surface area contributed by atoms with E-state index in [1.807, 2.05) is 39.0 Å². The van der Waals surface area contributed by atoms with E-state index in [4.69, 9.17) is 5.26 Å². The van der Waals surface area contributed by atoms with Crippen molar-refractivity contribution in [3.63, 3.8) is 0 Å². The molecule has 1 aromatic carbocycles. The first-order valence-electron chi connectivity index (χ1n) is 8.16. The average Bonchev–Trinajstić information content (AvgIpc) is 2.52. The van der Waals surface area contributed by atoms with E-state index in [0.29, 0.717) is 29.6 Å². The van der Waals surface area contributed by atoms with E-state index >= 15 is 0 Å². The summed E-state index contributed by atoms with van der Waals surface area (Å²) in [6, 6.07) is 3.85. The molecule has 0 spiro atoms. The van der Waals surface area contributed by atoms with E-state index in [0.717, 1.165) is 16.7 Å². The third kappa shape index (κ3) is 3.40. The molecule has 1 aliphatic carbocycles. The third-order valence-electron chi connectivity index (χ3n) is 4.54. The summed E-state index contributed by atoms with van der Waals surface area (Å²) < 4.78 is 0. The standard InChI is InChI=1S/C20H24O4/c1-11(2)16-10-14-7-6-13(5)15(18(14)20(22)19(16)21)8-9-17(24-23)12(3)4/h6-7,10-11,17,23H,3,8-9H2,1-2,4-5H3/t17-/m0/s1. The predicted octanol–water partition coefficient (Wildman–Crippen LogP) is 4.17. The Morgan fingerprint density at radius 3 is 2.46 bits per heavy atom. The minimum absolute atomic E-state index is 0.00920. The van der Waals surface area contributed by atoms with Crippen LogP contribution in [0.3, 0.4) is 0 Å². The Hall–Kier alpha value is -2.04. The Bertz CT molecular complexity index is 725. The number of hydrogen-bond acceptors (Lipinski definition) is 4. The van der Waals surface area contributed by atoms with E-state index in [2.05, 4.69) is 11.5 Å². The Morgan fingerprint density at radius 1 is 1.25 bits per heavy atom. The van der Waals surface area contributed by atoms with Gasteiger partial charge in [0, 0.05) is 11.1 Å². The molecule has 0 unspecified atom stereocenters. The Kier molecular flexibility index (Phi) is 5.52. The molecule has 2 rings (SSSR count). The zero-order valence-corrected chi connectivity index (χ0v) is 14.7. The second-order valence-corrected chi connectivity index (χ2v) is 6.72. The van der Waals surface area contributed by atoms with Crippen molar-refractivity contribution in [2.75, 3.05) is 0 Å². The second kappa shape index (κ2) is 7.24. The topological polar surface area (TPSA) is 63.6 Å². The Morgan fingerprint density at radius 2 is 1.92 bits per heavy atom. The number of aryl methyl sites for hydroxylation is 1. The highest BCUT2D eigenvalue weighted by Gasteiger charge is 2.31. The summed E-state index contributed by atoms with van der Waals surface area (Å²) in [6.07, 6.45) is 2.35. The minimum atomic E-state index is -0.489. The summed E-state index contributed by atoms with van der Waals surface area (Å²) in [4.78, 5) is 29.5. The first-order chi connectivity index (χ1) is 11.3. The molecular formula is C20H24O4. The summed E-state index contributed by atoms with van der Waals surface area (Å²) in [5.41, 5.74) is 4.34. The van der Waals surface area contributed by atoms with Crippen LogP contribution < -0.4 is 0 Å². The maximum absolute atomic E-state index is 12.7. The zero-order valence-electron chi connectivity index (χ0n) is 14.7. The molecule has 0 aliphatic heterocycles. The van der Waals surface area contributed by atoms with Gasteiger partial charge < -0.3 is 0 Å². The van der Waals surface area contributed by atoms with Crippen molar-refractivity contribution in [1.82, 2.24) is 0 Å². The molecule has 1 N–H and O–H groups in total. The molecule has 24 heavy (non-hydrogen) atoms. The summed E-state index contributed by atoms with van der Waals surface area (Å²) in [6.45, 7) is 11.3. The largest absolute Gasteiger partial charge is 0.285 e. The van der Waals surface area contributed by atoms with Crippen LogP contribution in [0.4, 0.5) is 0 Å². The van der Waals surface area contributed by atoms with Gasteiger partial charge in [-0.15, -0.1) is 0 Å². The van der Waals surface area contributed by atoms with E-state index in [1.165, 1.54) is 0 Å². The first-order valence-corrected chi connectivity index (χ1v) is 8.16. The molecule has 0 bridgehead atoms. The molecule has 0 heterocycles. The van der Waals surface area contributed by atoms with Gasteiger partial charge in [0.15, 0.2) is 0 Å². The van der Waals surface area contributed by atoms with Crippen molar-refractivity contribution in [1.29, 1.82) is 0 Å². The quantitative estimate of drug-likeness (QED) is 0.368. The van der Waals surface area contributed by atoms with Gasteiger partial charge >= 0.3 is 0 Å². The normalized spacial score (nSPS) is 15.3. The molecule has 128 valence electrons. The lowest BCUT2D eigenvalue weighted by atomic mass is 9.80. The van der Waals surface area contributed by atoms with Gasteiger partial charge in [-0.05, 0) is 60.9 Å². The number of ketones is 2. The molecule has 0 saturated heterocycles. The van der Waals surface area contributed by atoms with Crippen LogP contribution in [0.25, 0.3) is 6.08 Å². The van der Waals surface area contributed by atoms with Crippen molar-refractivity contribution in [2.24, 2.45) is 5.92 Å². The highest BCUT2D eigenvalue weighted by molar-refractivity contribution is 6.52. The lowest BCUT2D eigenvalue weighted by molar-refractivity contribution is -0.269. The molecule has 4 heteroatoms. The van der Waals surface area contributed by atoms with Crippen molar-refractivity contribution < 1.29 is 19.7 Å². The van der Waals surface area contributed by atoms with Gasteiger partial charge in [0.25, 0.3) is 0 Å². The van der Waals surface area contributed by atoms with E-state index < -0.39 is 17.7 Å². The smallest absolute Gasteiger partial charge is 0.234 e. The fourth-order valence-electron chi connectivity index (χ4n) is 3.05. The van der Waals surface area contributed by atoms with Crippen molar-refractivity contribution in [3.8, 4) is 0 Å². The number of benzene rings is 1. The first kappa shape index (κ1) is 18.3. The molecule has 0 radical (unpaired) electrons. The van der Waals surface area contributed by atoms with Crippen molar-refractivity contribution in [2.45, 2.75) is 46.6 Å². The molecule has 0 saturated carbocycles. The lowest BCUT2D eigenvalue weighted by Crippen LogP contribution is -2.26. The Balaban J connectivity index is 2.46. The van der Waals surface area contributed by atoms with Gasteiger partial charge in [-0.3, -0.25) is 14.8 Å². The molecular weight excluding hydrogens is 304 g/mol. The maximum Gasteiger partial charge on any atom is 0.234 e. The number of fused-ring (bicyclic) bond motifs is 1. The fraction of sp³-hybridized carbons (Fsp3) is 0.400. The summed E-state index contributed by atoms with van der Waals surface area (Å²) in [5.74, 6) is -0.846. The van der Waals surface area contributed by atoms with Crippen LogP contribution in [-0.2, 0) is 16.1 Å². The number of carbonyl (C=O) groups excluding carboxylic acids is 2. The summed E-state index contributed by atoms with van der Waals surface area (Å²) >= 11 is 0. The van der Waals surface area contributed by atoms with Crippen LogP contribution in [0.5, 0.6) is 0 Å². The van der Waals surface area contributed by atoms with Crippen LogP contribution in [0.2, 0.25) is 0 Å². The van der Waals surface area contributed by atoms with Crippen LogP contribution in [0, 0.1) is 12.8 Å². The van der Waals surface area contributed by atoms with Crippen molar-refractivity contribution in [3.05, 3.63) is 52.1 Å². The molecule has 4 nitrogen and oxygen atoms in total. The highest BCUT2D eigenvalue weighted by Crippen LogP contribution is 2.31. The molecule has 1 aromatic rings. The Labute approximate surface area is 142 Å². The molecule has 0 amide bonds. The molecule has 0 aromatic heterocycles. The summed E-state index contributed by atoms with van der Waals surface area (Å²) in [5, 5.41) is 8.98. The van der Waals surface area contributed by atoms with Gasteiger partial charge in [0.05, 0.1) is 0 Å². The van der Waals surface area contributed by atoms with E-state index in [1.54, 1.807) is 6.92 Å². The van der Waals surface area contributed by atoms with Crippen LogP contribution in [0.1, 0.15) is 54.2 Å². The zero-order chi connectivity index (χ0) is 18.0. The van der Waals surface area contributed by atoms with Crippen molar-refractivity contribution >= 4 is 17.6 Å². The van der Waals surface area contributed by atoms with Gasteiger partial charge in [0.1, 0.15) is 6.10 Å². The lowest BCUT2D eigenvalue weighted by Gasteiger charge is -2.22. The van der Waals surface area contributed by atoms with Crippen LogP contribution in [0.15, 0.2) is 29.9 Å². The molecule has 1 aliphatic rings. The van der Waals surface area contributed by atoms with Crippen LogP contribution >= 0.6 is 0 Å². The van der Waals surface area contributed by atoms with Gasteiger partial charge in [-0.25, -0.2) is 4.89 Å². The second-order valence-electron chi connectivity index (χ2n) is 6.72. The van der Waals surface area contributed by atoms with Gasteiger partial charge in [0.2, 0.25) is 11.6 Å². The number of carbonyl (C=O) groups is 2. The fourth-order valence-corrected chi connectivity index (χ4v) is 3.05. The van der Waals surface area contributed by atoms with E-state index in [-0.39, 0.29) is 5.92 Å². The van der Waals surface area contributed by atoms with Crippen LogP contribution in [-0.4, -0.2) is 22.9 Å². The molecule has 0 fully saturated rings. The summed E-state index contributed by atoms with van der Waals surface area (Å²) in [7, 11) is 0. The maximum atomic E-state index is 12.7. The average molecular weight is 328 g/mol. The number of allylic oxidation sites excluding steroid dienone is 1. The van der Waals surface area contributed by atoms with Gasteiger partial charge in [-0.2, -0.15) is 0 Å². The predicted molar refractivity (Wildman–Crippen MR) is 94.0 cm³/mol. The monoisotopic (exact) mass is 328 g/mol. The number of Topliss-reactive ketones (excluding diaryl/α,β-unsaturated/α-hetero) is 2. The molecule has 1 atom stereocenters. The SMILES string of the molecule is C=C(C)[C@H](CCc1c(C)ccc2c1C(=O)C(=O)C(C(C)C)=C2)OO. The van der Waals surface area contributed by atoms with Gasteiger partial charge in [-0.1, -0.05) is 32.6 Å². The number of hydrogen-bond donors (Lipinski definition) is 1. The minimum Gasteiger partial charge on any atom is -0.285 e. The number of rotatable bonds is 6. The highest BCUT2D eigenvalue weighted by atomic mass is 17.1.